The third-order valence-electron chi connectivity index (χ3n) is 0. The minimum absolute atomic E-state index is 0. The summed E-state index contributed by atoms with van der Waals surface area (Å²) in [4.78, 5) is 0. The molecule has 0 heterocycles. The summed E-state index contributed by atoms with van der Waals surface area (Å²) in [5.41, 5.74) is 0. The minimum Gasteiger partial charge on any atom is 0 e. The second-order valence-corrected chi connectivity index (χ2v) is 0. The van der Waals surface area contributed by atoms with Crippen LogP contribution in [0.3, 0.4) is 0 Å². The summed E-state index contributed by atoms with van der Waals surface area (Å²) in [6, 6.07) is 0. The van der Waals surface area contributed by atoms with Gasteiger partial charge in [-0.1, -0.05) is 0 Å². The van der Waals surface area contributed by atoms with Crippen LogP contribution >= 0.6 is 0 Å². The van der Waals surface area contributed by atoms with Crippen molar-refractivity contribution in [3.63, 3.8) is 0 Å². The van der Waals surface area contributed by atoms with Crippen molar-refractivity contribution >= 4 is 24.4 Å². The third-order valence-corrected chi connectivity index (χ3v) is 0. The molecule has 54 valence electrons. The molecular formula is H11NiO4SbTi. The molecule has 0 aliphatic rings. The van der Waals surface area contributed by atoms with Crippen molar-refractivity contribution in [3.8, 4) is 0 Å². The van der Waals surface area contributed by atoms with Crippen LogP contribution in [0.5, 0.6) is 0 Å². The Morgan fingerprint density at radius 3 is 0.571 bits per heavy atom. The van der Waals surface area contributed by atoms with E-state index in [1.54, 1.807) is 0 Å². The molecule has 7 heavy (non-hydrogen) atoms. The molecule has 8 N–H and O–H groups in total. The Labute approximate surface area is 83.9 Å². The van der Waals surface area contributed by atoms with Crippen molar-refractivity contribution < 1.29 is 60.1 Å². The van der Waals surface area contributed by atoms with Crippen LogP contribution in [-0.4, -0.2) is 46.3 Å². The molecule has 0 unspecified atom stereocenters. The summed E-state index contributed by atoms with van der Waals surface area (Å²) in [5.74, 6) is 0. The molecule has 4 nitrogen and oxygen atoms in total. The first-order chi connectivity index (χ1) is 0. The molecule has 0 aromatic heterocycles. The summed E-state index contributed by atoms with van der Waals surface area (Å²) >= 11 is 0. The van der Waals surface area contributed by atoms with Gasteiger partial charge in [-0.05, 0) is 0 Å². The molecule has 0 saturated carbocycles. The smallest absolute Gasteiger partial charge is 0 e. The van der Waals surface area contributed by atoms with E-state index in [9.17, 15) is 0 Å². The minimum atomic E-state index is 0. The van der Waals surface area contributed by atoms with Crippen molar-refractivity contribution in [2.45, 2.75) is 0 Å². The molecule has 0 rings (SSSR count). The molecule has 0 bridgehead atoms. The molecule has 0 aromatic rings. The average molecular weight is 303 g/mol. The molecule has 0 aliphatic heterocycles. The first-order valence-electron chi connectivity index (χ1n) is 0. The van der Waals surface area contributed by atoms with E-state index in [1.807, 2.05) is 0 Å². The van der Waals surface area contributed by atoms with Crippen molar-refractivity contribution in [1.29, 1.82) is 0 Å². The topological polar surface area (TPSA) is 126 Å². The van der Waals surface area contributed by atoms with E-state index >= 15 is 0 Å². The first-order valence-corrected chi connectivity index (χ1v) is 0. The second-order valence-electron chi connectivity index (χ2n) is 0. The zero-order valence-corrected chi connectivity index (χ0v) is 10.1. The van der Waals surface area contributed by atoms with Gasteiger partial charge in [-0.25, -0.2) is 0 Å². The van der Waals surface area contributed by atoms with Crippen LogP contribution in [0.25, 0.3) is 0 Å². The predicted molar refractivity (Wildman–Crippen MR) is 24.4 cm³/mol. The fourth-order valence-electron chi connectivity index (χ4n) is 0. The average Bonchev–Trinajstić information content (AvgIpc) is 0. The van der Waals surface area contributed by atoms with Crippen LogP contribution in [0.1, 0.15) is 0 Å². The maximum absolute atomic E-state index is 0. The molecule has 7 heteroatoms. The molecule has 0 aromatic carbocycles. The molecule has 0 radical (unpaired) electrons. The summed E-state index contributed by atoms with van der Waals surface area (Å²) in [7, 11) is 0. The van der Waals surface area contributed by atoms with Gasteiger partial charge in [0.2, 0.25) is 0 Å². The summed E-state index contributed by atoms with van der Waals surface area (Å²) < 4.78 is 0. The van der Waals surface area contributed by atoms with Gasteiger partial charge in [-0.15, -0.1) is 0 Å². The molecule has 0 spiro atoms. The SMILES string of the molecule is O.O.O.O.[Ni].[SbH3].[Ti]. The Balaban J connectivity index is 0. The third kappa shape index (κ3) is 77.7. The van der Waals surface area contributed by atoms with Gasteiger partial charge in [0.05, 0.1) is 0 Å². The zero-order chi connectivity index (χ0) is 0. The van der Waals surface area contributed by atoms with E-state index < -0.39 is 0 Å². The van der Waals surface area contributed by atoms with E-state index in [0.717, 1.165) is 0 Å². The Morgan fingerprint density at radius 2 is 0.571 bits per heavy atom. The van der Waals surface area contributed by atoms with Crippen LogP contribution in [0, 0.1) is 0 Å². The quantitative estimate of drug-likeness (QED) is 0.400. The van der Waals surface area contributed by atoms with Gasteiger partial charge in [0.1, 0.15) is 0 Å². The van der Waals surface area contributed by atoms with Gasteiger partial charge >= 0.3 is 24.4 Å². The van der Waals surface area contributed by atoms with E-state index in [0.29, 0.717) is 0 Å². The first kappa shape index (κ1) is 158. The zero-order valence-electron chi connectivity index (χ0n) is 3.52. The van der Waals surface area contributed by atoms with Crippen LogP contribution in [0.4, 0.5) is 0 Å². The molecule has 0 fully saturated rings. The fraction of sp³-hybridized carbons (Fsp3) is 0. The van der Waals surface area contributed by atoms with Gasteiger partial charge in [-0.3, -0.25) is 0 Å². The van der Waals surface area contributed by atoms with Crippen LogP contribution in [-0.2, 0) is 38.2 Å². The molecule has 0 atom stereocenters. The number of hydrogen-bond donors (Lipinski definition) is 0. The monoisotopic (exact) mass is 302 g/mol. The maximum Gasteiger partial charge on any atom is 0 e. The van der Waals surface area contributed by atoms with Crippen molar-refractivity contribution in [1.82, 2.24) is 0 Å². The van der Waals surface area contributed by atoms with E-state index in [1.165, 1.54) is 0 Å². The van der Waals surface area contributed by atoms with E-state index in [4.69, 9.17) is 0 Å². The molecule has 0 saturated heterocycles. The van der Waals surface area contributed by atoms with Crippen LogP contribution in [0.2, 0.25) is 0 Å². The Kier molecular flexibility index (Phi) is 2400. The van der Waals surface area contributed by atoms with Crippen LogP contribution in [0.15, 0.2) is 0 Å². The van der Waals surface area contributed by atoms with Gasteiger partial charge in [0.25, 0.3) is 0 Å². The summed E-state index contributed by atoms with van der Waals surface area (Å²) in [6.07, 6.45) is 0. The van der Waals surface area contributed by atoms with Crippen molar-refractivity contribution in [2.24, 2.45) is 0 Å². The largest absolute Gasteiger partial charge is 0 e. The van der Waals surface area contributed by atoms with Gasteiger partial charge in [-0.2, -0.15) is 0 Å². The summed E-state index contributed by atoms with van der Waals surface area (Å²) in [6.45, 7) is 0. The van der Waals surface area contributed by atoms with Crippen LogP contribution < -0.4 is 0 Å². The van der Waals surface area contributed by atoms with Crippen molar-refractivity contribution in [2.75, 3.05) is 0 Å². The number of hydrogen-bond acceptors (Lipinski definition) is 0. The number of rotatable bonds is 0. The second kappa shape index (κ2) is 106. The normalized spacial score (nSPS) is 0. The Hall–Kier alpha value is 1.87. The van der Waals surface area contributed by atoms with E-state index in [2.05, 4.69) is 0 Å². The summed E-state index contributed by atoms with van der Waals surface area (Å²) in [5, 5.41) is 0. The standard InChI is InChI=1S/Ni.4H2O.Sb.Ti.3H/h;4*1H2;;;;;. The van der Waals surface area contributed by atoms with Gasteiger partial charge in [0, 0.05) is 38.2 Å². The predicted octanol–water partition coefficient (Wildman–Crippen LogP) is -4.49. The molecule has 0 amide bonds. The van der Waals surface area contributed by atoms with E-state index in [-0.39, 0.29) is 84.5 Å². The van der Waals surface area contributed by atoms with Gasteiger partial charge in [0.15, 0.2) is 0 Å². The molecular weight excluding hydrogens is 292 g/mol. The Bertz CT molecular complexity index is 11.7. The maximum atomic E-state index is 0. The molecule has 0 aliphatic carbocycles. The van der Waals surface area contributed by atoms with Gasteiger partial charge < -0.3 is 21.9 Å². The fourth-order valence-corrected chi connectivity index (χ4v) is 0. The van der Waals surface area contributed by atoms with Crippen molar-refractivity contribution in [3.05, 3.63) is 0 Å². The Morgan fingerprint density at radius 1 is 0.571 bits per heavy atom.